The highest BCUT2D eigenvalue weighted by molar-refractivity contribution is 4.80. The third-order valence-electron chi connectivity index (χ3n) is 3.81. The van der Waals surface area contributed by atoms with Crippen LogP contribution in [-0.2, 0) is 0 Å². The average molecular weight is 227 g/mol. The molecule has 98 valence electrons. The number of hydrogen-bond donors (Lipinski definition) is 1. The minimum absolute atomic E-state index is 0.566. The van der Waals surface area contributed by atoms with Gasteiger partial charge in [-0.25, -0.2) is 0 Å². The highest BCUT2D eigenvalue weighted by atomic mass is 14.9. The van der Waals surface area contributed by atoms with E-state index >= 15 is 0 Å². The summed E-state index contributed by atoms with van der Waals surface area (Å²) in [5, 5.41) is 3.57. The van der Waals surface area contributed by atoms with Crippen LogP contribution in [0.4, 0.5) is 0 Å². The van der Waals surface area contributed by atoms with E-state index in [0.717, 1.165) is 12.5 Å². The van der Waals surface area contributed by atoms with Gasteiger partial charge in [-0.3, -0.25) is 0 Å². The Morgan fingerprint density at radius 3 is 2.19 bits per heavy atom. The number of nitrogens with one attached hydrogen (secondary N) is 1. The molecule has 0 bridgehead atoms. The molecule has 0 aromatic rings. The quantitative estimate of drug-likeness (QED) is 0.574. The molecule has 0 saturated heterocycles. The first-order valence-electron chi connectivity index (χ1n) is 7.31. The van der Waals surface area contributed by atoms with Gasteiger partial charge in [0.15, 0.2) is 0 Å². The molecule has 1 heteroatoms. The molecular weight excluding hydrogens is 194 g/mol. The molecule has 16 heavy (non-hydrogen) atoms. The van der Waals surface area contributed by atoms with Gasteiger partial charge in [0.25, 0.3) is 0 Å². The largest absolute Gasteiger partial charge is 0.316 e. The second kappa shape index (κ2) is 9.04. The zero-order valence-electron chi connectivity index (χ0n) is 12.2. The van der Waals surface area contributed by atoms with Gasteiger partial charge in [-0.05, 0) is 37.1 Å². The zero-order valence-corrected chi connectivity index (χ0v) is 12.2. The summed E-state index contributed by atoms with van der Waals surface area (Å²) in [4.78, 5) is 0. The molecule has 0 aliphatic carbocycles. The molecule has 1 N–H and O–H groups in total. The summed E-state index contributed by atoms with van der Waals surface area (Å²) >= 11 is 0. The molecule has 0 aliphatic heterocycles. The second-order valence-corrected chi connectivity index (χ2v) is 5.67. The van der Waals surface area contributed by atoms with Crippen molar-refractivity contribution in [1.82, 2.24) is 5.32 Å². The molecule has 0 spiro atoms. The molecular formula is C15H33N. The topological polar surface area (TPSA) is 12.0 Å². The molecule has 0 aromatic carbocycles. The van der Waals surface area contributed by atoms with E-state index in [9.17, 15) is 0 Å². The van der Waals surface area contributed by atoms with Crippen molar-refractivity contribution < 1.29 is 0 Å². The van der Waals surface area contributed by atoms with Crippen LogP contribution in [0.5, 0.6) is 0 Å². The fourth-order valence-electron chi connectivity index (χ4n) is 2.32. The maximum atomic E-state index is 3.57. The summed E-state index contributed by atoms with van der Waals surface area (Å²) in [6, 6.07) is 0. The molecule has 1 unspecified atom stereocenters. The van der Waals surface area contributed by atoms with Gasteiger partial charge in [0.1, 0.15) is 0 Å². The first-order valence-corrected chi connectivity index (χ1v) is 7.31. The van der Waals surface area contributed by atoms with Gasteiger partial charge >= 0.3 is 0 Å². The average Bonchev–Trinajstić information content (AvgIpc) is 2.29. The van der Waals surface area contributed by atoms with Gasteiger partial charge in [-0.1, -0.05) is 53.9 Å². The standard InChI is InChI=1S/C15H33N/c1-6-9-11-15(7-2,13-16-8-3)12-10-14(4)5/h14,16H,6-13H2,1-5H3. The summed E-state index contributed by atoms with van der Waals surface area (Å²) in [5.74, 6) is 0.842. The molecule has 0 aliphatic rings. The van der Waals surface area contributed by atoms with Gasteiger partial charge < -0.3 is 5.32 Å². The summed E-state index contributed by atoms with van der Waals surface area (Å²) in [6.07, 6.45) is 8.22. The second-order valence-electron chi connectivity index (χ2n) is 5.67. The SMILES string of the molecule is CCCCC(CC)(CCC(C)C)CNCC. The van der Waals surface area contributed by atoms with E-state index in [1.807, 2.05) is 0 Å². The Balaban J connectivity index is 4.27. The predicted molar refractivity (Wildman–Crippen MR) is 74.9 cm³/mol. The summed E-state index contributed by atoms with van der Waals surface area (Å²) in [6.45, 7) is 13.9. The van der Waals surface area contributed by atoms with E-state index in [2.05, 4.69) is 39.9 Å². The predicted octanol–water partition coefficient (Wildman–Crippen LogP) is 4.62. The van der Waals surface area contributed by atoms with Crippen LogP contribution in [0.1, 0.15) is 73.1 Å². The van der Waals surface area contributed by atoms with Gasteiger partial charge in [-0.15, -0.1) is 0 Å². The zero-order chi connectivity index (χ0) is 12.4. The summed E-state index contributed by atoms with van der Waals surface area (Å²) in [7, 11) is 0. The van der Waals surface area contributed by atoms with Gasteiger partial charge in [0.2, 0.25) is 0 Å². The first kappa shape index (κ1) is 16.0. The van der Waals surface area contributed by atoms with Crippen LogP contribution in [0.15, 0.2) is 0 Å². The van der Waals surface area contributed by atoms with Gasteiger partial charge in [0.05, 0.1) is 0 Å². The fraction of sp³-hybridized carbons (Fsp3) is 1.00. The molecule has 1 nitrogen and oxygen atoms in total. The fourth-order valence-corrected chi connectivity index (χ4v) is 2.32. The van der Waals surface area contributed by atoms with E-state index in [1.54, 1.807) is 0 Å². The highest BCUT2D eigenvalue weighted by Gasteiger charge is 2.26. The van der Waals surface area contributed by atoms with Crippen LogP contribution in [0.25, 0.3) is 0 Å². The molecule has 1 atom stereocenters. The molecule has 0 saturated carbocycles. The molecule has 0 amide bonds. The molecule has 0 fully saturated rings. The lowest BCUT2D eigenvalue weighted by atomic mass is 9.75. The lowest BCUT2D eigenvalue weighted by Crippen LogP contribution is -2.34. The van der Waals surface area contributed by atoms with E-state index in [1.165, 1.54) is 45.1 Å². The minimum Gasteiger partial charge on any atom is -0.316 e. The lowest BCUT2D eigenvalue weighted by Gasteiger charge is -2.34. The lowest BCUT2D eigenvalue weighted by molar-refractivity contribution is 0.199. The van der Waals surface area contributed by atoms with Crippen molar-refractivity contribution in [3.05, 3.63) is 0 Å². The number of rotatable bonds is 10. The first-order chi connectivity index (χ1) is 7.60. The summed E-state index contributed by atoms with van der Waals surface area (Å²) < 4.78 is 0. The van der Waals surface area contributed by atoms with Crippen molar-refractivity contribution in [3.63, 3.8) is 0 Å². The molecule has 0 radical (unpaired) electrons. The Morgan fingerprint density at radius 2 is 1.75 bits per heavy atom. The summed E-state index contributed by atoms with van der Waals surface area (Å²) in [5.41, 5.74) is 0.566. The molecule has 0 heterocycles. The van der Waals surface area contributed by atoms with E-state index in [-0.39, 0.29) is 0 Å². The third kappa shape index (κ3) is 6.52. The Kier molecular flexibility index (Phi) is 9.02. The van der Waals surface area contributed by atoms with Crippen LogP contribution in [0.2, 0.25) is 0 Å². The molecule has 0 aromatic heterocycles. The third-order valence-corrected chi connectivity index (χ3v) is 3.81. The highest BCUT2D eigenvalue weighted by Crippen LogP contribution is 2.34. The van der Waals surface area contributed by atoms with Crippen molar-refractivity contribution in [2.24, 2.45) is 11.3 Å². The van der Waals surface area contributed by atoms with Crippen LogP contribution < -0.4 is 5.32 Å². The van der Waals surface area contributed by atoms with E-state index in [0.29, 0.717) is 5.41 Å². The normalized spacial score (nSPS) is 15.4. The van der Waals surface area contributed by atoms with E-state index < -0.39 is 0 Å². The Bertz CT molecular complexity index is 144. The Labute approximate surface area is 103 Å². The van der Waals surface area contributed by atoms with Crippen LogP contribution in [0.3, 0.4) is 0 Å². The van der Waals surface area contributed by atoms with Crippen LogP contribution >= 0.6 is 0 Å². The van der Waals surface area contributed by atoms with Crippen molar-refractivity contribution in [2.75, 3.05) is 13.1 Å². The number of hydrogen-bond acceptors (Lipinski definition) is 1. The Morgan fingerprint density at radius 1 is 1.06 bits per heavy atom. The van der Waals surface area contributed by atoms with Gasteiger partial charge in [-0.2, -0.15) is 0 Å². The van der Waals surface area contributed by atoms with Gasteiger partial charge in [0, 0.05) is 6.54 Å². The van der Waals surface area contributed by atoms with Crippen molar-refractivity contribution in [2.45, 2.75) is 73.1 Å². The van der Waals surface area contributed by atoms with Crippen molar-refractivity contribution in [1.29, 1.82) is 0 Å². The molecule has 0 rings (SSSR count). The van der Waals surface area contributed by atoms with Crippen LogP contribution in [-0.4, -0.2) is 13.1 Å². The number of unbranched alkanes of at least 4 members (excludes halogenated alkanes) is 1. The smallest absolute Gasteiger partial charge is 0.000759 e. The van der Waals surface area contributed by atoms with Crippen molar-refractivity contribution in [3.8, 4) is 0 Å². The maximum absolute atomic E-state index is 3.57. The van der Waals surface area contributed by atoms with Crippen LogP contribution in [0, 0.1) is 11.3 Å². The van der Waals surface area contributed by atoms with E-state index in [4.69, 9.17) is 0 Å². The maximum Gasteiger partial charge on any atom is 0.000759 e. The van der Waals surface area contributed by atoms with Crippen molar-refractivity contribution >= 4 is 0 Å². The monoisotopic (exact) mass is 227 g/mol. The Hall–Kier alpha value is -0.0400. The minimum atomic E-state index is 0.566.